The SMILES string of the molecule is C=C(C)[C@@H]1CC[C@]2(NCCN3CCS(=O)(=O)CC3)CC[C@@H](C)[C@]3(C)CCC4C(C)(C)C(C5=CC[C@](COc6ncccc6Cl)(C(=O)OCC)CC5)=CC[C@]4(C)C3CCCC12. The van der Waals surface area contributed by atoms with Gasteiger partial charge in [0.1, 0.15) is 17.0 Å². The molecule has 10 heteroatoms. The standard InChI is InChI=1S/C50H76ClN3O5S/c1-9-58-45(55)49(34-59-44-41(51)13-11-27-52-44)23-16-37(17-24-49)39-19-21-48(8)42(46(39,5)6)20-22-47(7)36(4)15-25-50(53-28-29-54-30-32-60(56,57)33-31-54)26-18-38(35(2)3)40(50)12-10-14-43(47)48/h11,13,16,19,27,36,38,40,42-43,53H,2,9-10,12,14-15,17-18,20-26,28-34H2,1,3-8H3/t36-,38+,40?,42?,43?,47+,48+,49+,50-/m1/s1. The Labute approximate surface area is 368 Å². The molecule has 0 amide bonds. The Kier molecular flexibility index (Phi) is 13.6. The van der Waals surface area contributed by atoms with Crippen LogP contribution in [0.25, 0.3) is 0 Å². The maximum atomic E-state index is 13.6. The largest absolute Gasteiger partial charge is 0.475 e. The van der Waals surface area contributed by atoms with Gasteiger partial charge in [-0.15, -0.1) is 0 Å². The summed E-state index contributed by atoms with van der Waals surface area (Å²) in [6, 6.07) is 3.54. The molecule has 6 aliphatic rings. The smallest absolute Gasteiger partial charge is 0.315 e. The van der Waals surface area contributed by atoms with Crippen LogP contribution in [0.1, 0.15) is 132 Å². The monoisotopic (exact) mass is 866 g/mol. The summed E-state index contributed by atoms with van der Waals surface area (Å²) in [5.74, 6) is 3.70. The highest BCUT2D eigenvalue weighted by Crippen LogP contribution is 2.68. The number of allylic oxidation sites excluding steroid dienone is 5. The normalized spacial score (nSPS) is 38.0. The van der Waals surface area contributed by atoms with Gasteiger partial charge >= 0.3 is 5.97 Å². The van der Waals surface area contributed by atoms with Gasteiger partial charge in [0.2, 0.25) is 5.88 Å². The van der Waals surface area contributed by atoms with Crippen LogP contribution >= 0.6 is 11.6 Å². The average molecular weight is 867 g/mol. The summed E-state index contributed by atoms with van der Waals surface area (Å²) in [6.45, 7) is 25.3. The van der Waals surface area contributed by atoms with Crippen LogP contribution in [0.4, 0.5) is 0 Å². The highest BCUT2D eigenvalue weighted by atomic mass is 35.5. The average Bonchev–Trinajstić information content (AvgIpc) is 3.56. The number of fused-ring (bicyclic) bond motifs is 4. The van der Waals surface area contributed by atoms with Crippen LogP contribution in [0.5, 0.6) is 5.88 Å². The molecule has 9 atom stereocenters. The zero-order valence-corrected chi connectivity index (χ0v) is 39.6. The van der Waals surface area contributed by atoms with E-state index in [9.17, 15) is 13.2 Å². The van der Waals surface area contributed by atoms with E-state index in [0.29, 0.717) is 84.5 Å². The minimum atomic E-state index is -2.88. The maximum absolute atomic E-state index is 13.6. The molecule has 0 spiro atoms. The number of pyridine rings is 1. The number of carbonyl (C=O) groups excluding carboxylic acids is 1. The first-order chi connectivity index (χ1) is 28.4. The molecule has 1 saturated heterocycles. The minimum absolute atomic E-state index is 0.00868. The Hall–Kier alpha value is -2.20. The lowest BCUT2D eigenvalue weighted by atomic mass is 9.40. The van der Waals surface area contributed by atoms with E-state index >= 15 is 0 Å². The van der Waals surface area contributed by atoms with Gasteiger partial charge in [0.05, 0.1) is 18.1 Å². The number of nitrogens with one attached hydrogen (secondary N) is 1. The van der Waals surface area contributed by atoms with E-state index in [1.807, 2.05) is 6.92 Å². The number of sulfone groups is 1. The van der Waals surface area contributed by atoms with Crippen LogP contribution in [-0.4, -0.2) is 80.7 Å². The van der Waals surface area contributed by atoms with Gasteiger partial charge in [0.25, 0.3) is 0 Å². The third-order valence-corrected chi connectivity index (χ3v) is 19.7. The molecule has 3 unspecified atom stereocenters. The topological polar surface area (TPSA) is 97.8 Å². The molecule has 3 saturated carbocycles. The summed E-state index contributed by atoms with van der Waals surface area (Å²) < 4.78 is 36.0. The van der Waals surface area contributed by atoms with Gasteiger partial charge in [-0.2, -0.15) is 0 Å². The fourth-order valence-corrected chi connectivity index (χ4v) is 15.6. The van der Waals surface area contributed by atoms with E-state index in [1.54, 1.807) is 18.3 Å². The Balaban J connectivity index is 1.09. The first-order valence-corrected chi connectivity index (χ1v) is 25.7. The second-order valence-electron chi connectivity index (χ2n) is 21.3. The minimum Gasteiger partial charge on any atom is -0.475 e. The summed E-state index contributed by atoms with van der Waals surface area (Å²) in [7, 11) is -2.88. The Morgan fingerprint density at radius 2 is 1.73 bits per heavy atom. The number of rotatable bonds is 11. The fraction of sp³-hybridized carbons (Fsp3) is 0.760. The van der Waals surface area contributed by atoms with Crippen LogP contribution in [0, 0.1) is 51.2 Å². The van der Waals surface area contributed by atoms with Crippen molar-refractivity contribution in [2.45, 2.75) is 137 Å². The molecule has 2 heterocycles. The second kappa shape index (κ2) is 17.8. The zero-order chi connectivity index (χ0) is 43.1. The molecule has 60 heavy (non-hydrogen) atoms. The number of hydrogen-bond donors (Lipinski definition) is 1. The van der Waals surface area contributed by atoms with E-state index in [1.165, 1.54) is 74.5 Å². The molecule has 0 aromatic carbocycles. The van der Waals surface area contributed by atoms with Crippen molar-refractivity contribution in [3.8, 4) is 5.88 Å². The molecule has 1 aromatic heterocycles. The Morgan fingerprint density at radius 3 is 2.42 bits per heavy atom. The van der Waals surface area contributed by atoms with Gasteiger partial charge in [-0.25, -0.2) is 13.4 Å². The predicted molar refractivity (Wildman–Crippen MR) is 244 cm³/mol. The van der Waals surface area contributed by atoms with Gasteiger partial charge in [-0.05, 0) is 160 Å². The van der Waals surface area contributed by atoms with Crippen LogP contribution in [-0.2, 0) is 19.4 Å². The van der Waals surface area contributed by atoms with Gasteiger partial charge < -0.3 is 19.7 Å². The molecular formula is C50H76ClN3O5S. The summed E-state index contributed by atoms with van der Waals surface area (Å²) in [4.78, 5) is 20.2. The number of ether oxygens (including phenoxy) is 2. The maximum Gasteiger partial charge on any atom is 0.315 e. The lowest BCUT2D eigenvalue weighted by molar-refractivity contribution is -0.158. The van der Waals surface area contributed by atoms with Gasteiger partial charge in [-0.1, -0.05) is 76.9 Å². The van der Waals surface area contributed by atoms with Crippen LogP contribution < -0.4 is 10.1 Å². The van der Waals surface area contributed by atoms with Crippen molar-refractivity contribution >= 4 is 27.4 Å². The fourth-order valence-electron chi connectivity index (χ4n) is 14.1. The summed E-state index contributed by atoms with van der Waals surface area (Å²) in [6.07, 6.45) is 20.9. The second-order valence-corrected chi connectivity index (χ2v) is 24.0. The quantitative estimate of drug-likeness (QED) is 0.174. The molecule has 0 radical (unpaired) electrons. The lowest BCUT2D eigenvalue weighted by Gasteiger charge is -2.64. The summed E-state index contributed by atoms with van der Waals surface area (Å²) in [5.41, 5.74) is 4.05. The van der Waals surface area contributed by atoms with Gasteiger partial charge in [0.15, 0.2) is 9.84 Å². The first kappa shape index (κ1) is 45.8. The Bertz CT molecular complexity index is 1920. The van der Waals surface area contributed by atoms with Crippen LogP contribution in [0.15, 0.2) is 53.8 Å². The summed E-state index contributed by atoms with van der Waals surface area (Å²) in [5, 5.41) is 4.66. The number of carbonyl (C=O) groups is 1. The molecule has 1 aliphatic heterocycles. The van der Waals surface area contributed by atoms with Crippen molar-refractivity contribution in [3.63, 3.8) is 0 Å². The molecule has 4 fully saturated rings. The van der Waals surface area contributed by atoms with Gasteiger partial charge in [-0.3, -0.25) is 4.79 Å². The van der Waals surface area contributed by atoms with Crippen molar-refractivity contribution in [2.75, 3.05) is 50.9 Å². The van der Waals surface area contributed by atoms with E-state index in [-0.39, 0.29) is 34.4 Å². The zero-order valence-electron chi connectivity index (χ0n) is 38.1. The molecule has 1 aromatic rings. The van der Waals surface area contributed by atoms with Crippen molar-refractivity contribution in [3.05, 3.63) is 58.8 Å². The predicted octanol–water partition coefficient (Wildman–Crippen LogP) is 10.4. The van der Waals surface area contributed by atoms with Crippen molar-refractivity contribution < 1.29 is 22.7 Å². The molecule has 5 aliphatic carbocycles. The molecule has 8 nitrogen and oxygen atoms in total. The van der Waals surface area contributed by atoms with Crippen LogP contribution in [0.2, 0.25) is 5.02 Å². The number of nitrogens with zero attached hydrogens (tertiary/aromatic N) is 2. The molecule has 1 N–H and O–H groups in total. The summed E-state index contributed by atoms with van der Waals surface area (Å²) >= 11 is 6.39. The first-order valence-electron chi connectivity index (χ1n) is 23.5. The van der Waals surface area contributed by atoms with Crippen molar-refractivity contribution in [2.24, 2.45) is 51.2 Å². The number of esters is 1. The Morgan fingerprint density at radius 1 is 0.983 bits per heavy atom. The van der Waals surface area contributed by atoms with Crippen molar-refractivity contribution in [1.82, 2.24) is 15.2 Å². The lowest BCUT2D eigenvalue weighted by Crippen LogP contribution is -2.57. The van der Waals surface area contributed by atoms with Gasteiger partial charge in [0, 0.05) is 37.9 Å². The molecular weight excluding hydrogens is 790 g/mol. The van der Waals surface area contributed by atoms with E-state index in [0.717, 1.165) is 25.9 Å². The number of aromatic nitrogens is 1. The number of halogens is 1. The third kappa shape index (κ3) is 8.70. The highest BCUT2D eigenvalue weighted by molar-refractivity contribution is 7.91. The molecule has 7 rings (SSSR count). The molecule has 334 valence electrons. The van der Waals surface area contributed by atoms with E-state index < -0.39 is 15.3 Å². The highest BCUT2D eigenvalue weighted by Gasteiger charge is 2.61. The number of hydrogen-bond acceptors (Lipinski definition) is 8. The van der Waals surface area contributed by atoms with E-state index in [2.05, 4.69) is 75.5 Å². The third-order valence-electron chi connectivity index (χ3n) is 17.8. The van der Waals surface area contributed by atoms with E-state index in [4.69, 9.17) is 21.1 Å². The van der Waals surface area contributed by atoms with Crippen LogP contribution in [0.3, 0.4) is 0 Å². The molecule has 0 bridgehead atoms. The van der Waals surface area contributed by atoms with Crippen molar-refractivity contribution in [1.29, 1.82) is 0 Å².